The van der Waals surface area contributed by atoms with Crippen molar-refractivity contribution >= 4 is 11.3 Å². The Bertz CT molecular complexity index is 290. The molecular formula is C12H22N2S. The van der Waals surface area contributed by atoms with E-state index >= 15 is 0 Å². The van der Waals surface area contributed by atoms with E-state index in [-0.39, 0.29) is 0 Å². The summed E-state index contributed by atoms with van der Waals surface area (Å²) in [4.78, 5) is 6.19. The SMILES string of the molecule is CCc1nc(C(CC)CC)sc1CNC. The van der Waals surface area contributed by atoms with E-state index in [2.05, 4.69) is 26.1 Å². The highest BCUT2D eigenvalue weighted by Crippen LogP contribution is 2.29. The van der Waals surface area contributed by atoms with Crippen LogP contribution in [0, 0.1) is 0 Å². The maximum absolute atomic E-state index is 4.77. The molecule has 0 aliphatic heterocycles. The van der Waals surface area contributed by atoms with Crippen LogP contribution in [-0.2, 0) is 13.0 Å². The fourth-order valence-electron chi connectivity index (χ4n) is 1.79. The second kappa shape index (κ2) is 6.23. The normalized spacial score (nSPS) is 11.3. The van der Waals surface area contributed by atoms with E-state index in [0.29, 0.717) is 5.92 Å². The lowest BCUT2D eigenvalue weighted by Crippen LogP contribution is -2.05. The molecule has 0 radical (unpaired) electrons. The van der Waals surface area contributed by atoms with Crippen molar-refractivity contribution in [3.8, 4) is 0 Å². The van der Waals surface area contributed by atoms with Crippen LogP contribution >= 0.6 is 11.3 Å². The van der Waals surface area contributed by atoms with Crippen molar-refractivity contribution in [2.75, 3.05) is 7.05 Å². The smallest absolute Gasteiger partial charge is 0.0962 e. The first-order chi connectivity index (χ1) is 7.26. The molecule has 1 rings (SSSR count). The van der Waals surface area contributed by atoms with E-state index in [4.69, 9.17) is 4.98 Å². The Labute approximate surface area is 97.1 Å². The zero-order valence-corrected chi connectivity index (χ0v) is 11.1. The van der Waals surface area contributed by atoms with Crippen LogP contribution in [0.1, 0.15) is 55.1 Å². The van der Waals surface area contributed by atoms with Gasteiger partial charge in [-0.3, -0.25) is 0 Å². The van der Waals surface area contributed by atoms with Gasteiger partial charge in [-0.25, -0.2) is 4.98 Å². The molecule has 0 fully saturated rings. The number of nitrogens with one attached hydrogen (secondary N) is 1. The summed E-state index contributed by atoms with van der Waals surface area (Å²) in [6.07, 6.45) is 3.45. The van der Waals surface area contributed by atoms with Crippen LogP contribution in [-0.4, -0.2) is 12.0 Å². The fraction of sp³-hybridized carbons (Fsp3) is 0.750. The van der Waals surface area contributed by atoms with Gasteiger partial charge in [-0.15, -0.1) is 11.3 Å². The molecule has 0 spiro atoms. The van der Waals surface area contributed by atoms with Crippen molar-refractivity contribution in [1.29, 1.82) is 0 Å². The van der Waals surface area contributed by atoms with Gasteiger partial charge in [0.1, 0.15) is 0 Å². The third-order valence-corrected chi connectivity index (χ3v) is 4.06. The van der Waals surface area contributed by atoms with Crippen molar-refractivity contribution in [3.63, 3.8) is 0 Å². The third-order valence-electron chi connectivity index (χ3n) is 2.80. The van der Waals surface area contributed by atoms with Gasteiger partial charge in [-0.1, -0.05) is 20.8 Å². The molecule has 3 heteroatoms. The molecule has 0 saturated heterocycles. The summed E-state index contributed by atoms with van der Waals surface area (Å²) in [5.74, 6) is 0.658. The molecule has 2 nitrogen and oxygen atoms in total. The molecule has 0 aliphatic carbocycles. The average molecular weight is 226 g/mol. The number of rotatable bonds is 6. The molecule has 86 valence electrons. The molecule has 0 aliphatic rings. The van der Waals surface area contributed by atoms with Crippen molar-refractivity contribution in [2.24, 2.45) is 0 Å². The summed E-state index contributed by atoms with van der Waals surface area (Å²) in [5, 5.41) is 4.55. The highest BCUT2D eigenvalue weighted by atomic mass is 32.1. The Morgan fingerprint density at radius 2 is 1.93 bits per heavy atom. The minimum Gasteiger partial charge on any atom is -0.315 e. The number of aryl methyl sites for hydroxylation is 1. The van der Waals surface area contributed by atoms with E-state index in [1.807, 2.05) is 18.4 Å². The zero-order valence-electron chi connectivity index (χ0n) is 10.3. The lowest BCUT2D eigenvalue weighted by atomic mass is 10.1. The first-order valence-electron chi connectivity index (χ1n) is 5.89. The number of hydrogen-bond acceptors (Lipinski definition) is 3. The van der Waals surface area contributed by atoms with Gasteiger partial charge < -0.3 is 5.32 Å². The van der Waals surface area contributed by atoms with Crippen molar-refractivity contribution < 1.29 is 0 Å². The van der Waals surface area contributed by atoms with Gasteiger partial charge in [0.2, 0.25) is 0 Å². The molecule has 0 bridgehead atoms. The third kappa shape index (κ3) is 3.02. The molecule has 0 unspecified atom stereocenters. The molecule has 1 N–H and O–H groups in total. The Morgan fingerprint density at radius 3 is 2.40 bits per heavy atom. The first kappa shape index (κ1) is 12.7. The number of hydrogen-bond donors (Lipinski definition) is 1. The van der Waals surface area contributed by atoms with Crippen molar-refractivity contribution in [3.05, 3.63) is 15.6 Å². The van der Waals surface area contributed by atoms with Gasteiger partial charge in [0, 0.05) is 17.3 Å². The van der Waals surface area contributed by atoms with Crippen molar-refractivity contribution in [1.82, 2.24) is 10.3 Å². The van der Waals surface area contributed by atoms with Gasteiger partial charge in [0.15, 0.2) is 0 Å². The fourth-order valence-corrected chi connectivity index (χ4v) is 3.22. The first-order valence-corrected chi connectivity index (χ1v) is 6.71. The summed E-state index contributed by atoms with van der Waals surface area (Å²) in [6, 6.07) is 0. The van der Waals surface area contributed by atoms with Crippen LogP contribution in [0.15, 0.2) is 0 Å². The quantitative estimate of drug-likeness (QED) is 0.805. The Balaban J connectivity index is 2.90. The molecule has 1 heterocycles. The van der Waals surface area contributed by atoms with Gasteiger partial charge in [-0.2, -0.15) is 0 Å². The van der Waals surface area contributed by atoms with Crippen LogP contribution < -0.4 is 5.32 Å². The minimum atomic E-state index is 0.658. The van der Waals surface area contributed by atoms with Gasteiger partial charge in [0.05, 0.1) is 10.7 Å². The molecule has 0 amide bonds. The summed E-state index contributed by atoms with van der Waals surface area (Å²) >= 11 is 1.89. The van der Waals surface area contributed by atoms with Crippen molar-refractivity contribution in [2.45, 2.75) is 52.5 Å². The van der Waals surface area contributed by atoms with Gasteiger partial charge >= 0.3 is 0 Å². The Hall–Kier alpha value is -0.410. The predicted molar refractivity (Wildman–Crippen MR) is 67.6 cm³/mol. The standard InChI is InChI=1S/C12H22N2S/c1-5-9(6-2)12-14-10(7-3)11(15-12)8-13-4/h9,13H,5-8H2,1-4H3. The lowest BCUT2D eigenvalue weighted by Gasteiger charge is -2.06. The molecular weight excluding hydrogens is 204 g/mol. The Kier molecular flexibility index (Phi) is 5.26. The summed E-state index contributed by atoms with van der Waals surface area (Å²) in [5.41, 5.74) is 1.29. The summed E-state index contributed by atoms with van der Waals surface area (Å²) in [7, 11) is 2.00. The number of nitrogens with zero attached hydrogens (tertiary/aromatic N) is 1. The van der Waals surface area contributed by atoms with Gasteiger partial charge in [0.25, 0.3) is 0 Å². The average Bonchev–Trinajstić information content (AvgIpc) is 2.64. The molecule has 0 atom stereocenters. The largest absolute Gasteiger partial charge is 0.315 e. The van der Waals surface area contributed by atoms with Crippen LogP contribution in [0.2, 0.25) is 0 Å². The lowest BCUT2D eigenvalue weighted by molar-refractivity contribution is 0.635. The maximum Gasteiger partial charge on any atom is 0.0962 e. The molecule has 1 aromatic rings. The number of thiazole rings is 1. The second-order valence-electron chi connectivity index (χ2n) is 3.82. The van der Waals surface area contributed by atoms with Crippen LogP contribution in [0.4, 0.5) is 0 Å². The van der Waals surface area contributed by atoms with E-state index in [1.54, 1.807) is 0 Å². The Morgan fingerprint density at radius 1 is 1.27 bits per heavy atom. The predicted octanol–water partition coefficient (Wildman–Crippen LogP) is 3.33. The molecule has 15 heavy (non-hydrogen) atoms. The maximum atomic E-state index is 4.77. The molecule has 0 saturated carbocycles. The molecule has 0 aromatic carbocycles. The van der Waals surface area contributed by atoms with Crippen LogP contribution in [0.3, 0.4) is 0 Å². The van der Waals surface area contributed by atoms with E-state index < -0.39 is 0 Å². The highest BCUT2D eigenvalue weighted by molar-refractivity contribution is 7.11. The van der Waals surface area contributed by atoms with E-state index in [0.717, 1.165) is 13.0 Å². The van der Waals surface area contributed by atoms with Gasteiger partial charge in [-0.05, 0) is 26.3 Å². The number of aromatic nitrogens is 1. The molecule has 1 aromatic heterocycles. The summed E-state index contributed by atoms with van der Waals surface area (Å²) in [6.45, 7) is 7.64. The van der Waals surface area contributed by atoms with E-state index in [1.165, 1.54) is 28.4 Å². The second-order valence-corrected chi connectivity index (χ2v) is 4.93. The van der Waals surface area contributed by atoms with Crippen LogP contribution in [0.5, 0.6) is 0 Å². The highest BCUT2D eigenvalue weighted by Gasteiger charge is 2.15. The minimum absolute atomic E-state index is 0.658. The summed E-state index contributed by atoms with van der Waals surface area (Å²) < 4.78 is 0. The monoisotopic (exact) mass is 226 g/mol. The zero-order chi connectivity index (χ0) is 11.3. The topological polar surface area (TPSA) is 24.9 Å². The van der Waals surface area contributed by atoms with Crippen LogP contribution in [0.25, 0.3) is 0 Å². The van der Waals surface area contributed by atoms with E-state index in [9.17, 15) is 0 Å².